The predicted molar refractivity (Wildman–Crippen MR) is 175 cm³/mol. The van der Waals surface area contributed by atoms with Crippen molar-refractivity contribution in [3.05, 3.63) is 47.5 Å². The van der Waals surface area contributed by atoms with Gasteiger partial charge in [-0.15, -0.1) is 0 Å². The molecule has 6 fully saturated rings. The number of piperidine rings is 1. The van der Waals surface area contributed by atoms with Gasteiger partial charge < -0.3 is 19.5 Å². The molecular weight excluding hydrogens is 601 g/mol. The van der Waals surface area contributed by atoms with Crippen molar-refractivity contribution in [2.45, 2.75) is 109 Å². The van der Waals surface area contributed by atoms with Gasteiger partial charge in [-0.25, -0.2) is 8.78 Å². The van der Waals surface area contributed by atoms with Crippen LogP contribution in [0.2, 0.25) is 0 Å². The number of likely N-dealkylation sites (tertiary alicyclic amines) is 2. The van der Waals surface area contributed by atoms with E-state index in [0.29, 0.717) is 37.8 Å². The van der Waals surface area contributed by atoms with Crippen LogP contribution in [-0.4, -0.2) is 84.0 Å². The van der Waals surface area contributed by atoms with Gasteiger partial charge in [-0.3, -0.25) is 14.5 Å². The number of hydrogen-bond donors (Lipinski definition) is 1. The molecule has 47 heavy (non-hydrogen) atoms. The standard InChI is InChI=1S/C36H49BF2N4O4/c1-33(2,43-15-13-36(38,39)23-43)20-26(21-40)32(45)42-14-9-12-25(22-42)17-31(44)41-30(16-24-10-7-6-8-11-24)37-46-29-19-27-18-28(34(27,3)4)35(29,5)47-37/h6-8,10-11,20,25,27-30H,9,12-19,22-23H2,1-5H3,(H,41,44)/t25-,27+,28+,29-,30?,35+/m1/s1. The van der Waals surface area contributed by atoms with Crippen molar-refractivity contribution in [2.75, 3.05) is 26.2 Å². The van der Waals surface area contributed by atoms with Crippen molar-refractivity contribution in [2.24, 2.45) is 23.2 Å². The van der Waals surface area contributed by atoms with Crippen LogP contribution in [0.15, 0.2) is 42.0 Å². The highest BCUT2D eigenvalue weighted by Crippen LogP contribution is 2.65. The first kappa shape index (κ1) is 34.1. The first-order valence-corrected chi connectivity index (χ1v) is 17.3. The molecule has 11 heteroatoms. The minimum atomic E-state index is -2.77. The molecule has 2 bridgehead atoms. The molecule has 3 aliphatic carbocycles. The zero-order valence-electron chi connectivity index (χ0n) is 28.4. The van der Waals surface area contributed by atoms with E-state index in [4.69, 9.17) is 9.31 Å². The van der Waals surface area contributed by atoms with Crippen molar-refractivity contribution >= 4 is 18.9 Å². The minimum absolute atomic E-state index is 0.00619. The summed E-state index contributed by atoms with van der Waals surface area (Å²) in [6, 6.07) is 12.1. The van der Waals surface area contributed by atoms with Crippen molar-refractivity contribution in [1.82, 2.24) is 15.1 Å². The van der Waals surface area contributed by atoms with Crippen molar-refractivity contribution < 1.29 is 27.7 Å². The monoisotopic (exact) mass is 650 g/mol. The molecule has 1 aromatic carbocycles. The van der Waals surface area contributed by atoms with E-state index in [1.54, 1.807) is 23.6 Å². The van der Waals surface area contributed by atoms with Gasteiger partial charge in [-0.2, -0.15) is 5.26 Å². The van der Waals surface area contributed by atoms with Crippen LogP contribution >= 0.6 is 0 Å². The lowest BCUT2D eigenvalue weighted by molar-refractivity contribution is -0.199. The molecule has 3 saturated carbocycles. The van der Waals surface area contributed by atoms with Crippen LogP contribution in [-0.2, 0) is 25.3 Å². The van der Waals surface area contributed by atoms with Crippen LogP contribution in [0.5, 0.6) is 0 Å². The number of rotatable bonds is 9. The SMILES string of the molecule is CC1(C)[C@@H]2C[C@H]3OB(C(Cc4ccccc4)NC(=O)C[C@H]4CCCN(C(=O)C(C#N)=CC(C)(C)N5CCC(F)(F)C5)C4)O[C@@]3(C)[C@H]1C2. The summed E-state index contributed by atoms with van der Waals surface area (Å²) >= 11 is 0. The Morgan fingerprint density at radius 1 is 1.19 bits per heavy atom. The largest absolute Gasteiger partial charge is 0.482 e. The fourth-order valence-corrected chi connectivity index (χ4v) is 9.08. The van der Waals surface area contributed by atoms with Gasteiger partial charge in [-0.1, -0.05) is 44.2 Å². The normalized spacial score (nSPS) is 32.3. The maximum atomic E-state index is 13.9. The molecule has 6 atom stereocenters. The summed E-state index contributed by atoms with van der Waals surface area (Å²) in [6.07, 6.45) is 5.72. The molecule has 2 amide bonds. The fourth-order valence-electron chi connectivity index (χ4n) is 9.08. The van der Waals surface area contributed by atoms with Gasteiger partial charge in [-0.05, 0) is 87.7 Å². The second-order valence-corrected chi connectivity index (χ2v) is 16.0. The number of nitrogens with one attached hydrogen (secondary N) is 1. The lowest BCUT2D eigenvalue weighted by Crippen LogP contribution is -2.65. The van der Waals surface area contributed by atoms with E-state index in [-0.39, 0.29) is 59.8 Å². The topological polar surface area (TPSA) is 94.9 Å². The van der Waals surface area contributed by atoms with E-state index in [1.165, 1.54) is 6.08 Å². The maximum absolute atomic E-state index is 13.9. The molecule has 8 nitrogen and oxygen atoms in total. The predicted octanol–water partition coefficient (Wildman–Crippen LogP) is 5.18. The zero-order valence-corrected chi connectivity index (χ0v) is 28.4. The molecule has 7 rings (SSSR count). The summed E-state index contributed by atoms with van der Waals surface area (Å²) < 4.78 is 41.2. The van der Waals surface area contributed by atoms with Gasteiger partial charge in [0.1, 0.15) is 11.6 Å². The molecule has 6 aliphatic rings. The second-order valence-electron chi connectivity index (χ2n) is 16.0. The number of halogens is 2. The summed E-state index contributed by atoms with van der Waals surface area (Å²) in [7, 11) is -0.559. The third-order valence-corrected chi connectivity index (χ3v) is 12.1. The van der Waals surface area contributed by atoms with Crippen LogP contribution < -0.4 is 5.32 Å². The number of nitrogens with zero attached hydrogens (tertiary/aromatic N) is 3. The van der Waals surface area contributed by atoms with Crippen LogP contribution in [0.25, 0.3) is 0 Å². The minimum Gasteiger partial charge on any atom is -0.404 e. The lowest BCUT2D eigenvalue weighted by Gasteiger charge is -2.64. The zero-order chi connectivity index (χ0) is 33.8. The number of hydrogen-bond acceptors (Lipinski definition) is 6. The van der Waals surface area contributed by atoms with E-state index < -0.39 is 31.0 Å². The molecule has 0 spiro atoms. The summed E-state index contributed by atoms with van der Waals surface area (Å²) in [4.78, 5) is 30.4. The number of amides is 2. The number of benzene rings is 1. The molecule has 0 aromatic heterocycles. The summed E-state index contributed by atoms with van der Waals surface area (Å²) in [6.45, 7) is 11.0. The molecule has 3 aliphatic heterocycles. The van der Waals surface area contributed by atoms with Gasteiger partial charge in [0.15, 0.2) is 0 Å². The molecule has 3 heterocycles. The molecule has 3 saturated heterocycles. The maximum Gasteiger partial charge on any atom is 0.482 e. The summed E-state index contributed by atoms with van der Waals surface area (Å²) in [5.41, 5.74) is -0.0161. The van der Waals surface area contributed by atoms with Gasteiger partial charge in [0.2, 0.25) is 5.91 Å². The summed E-state index contributed by atoms with van der Waals surface area (Å²) in [5, 5.41) is 13.1. The van der Waals surface area contributed by atoms with Crippen molar-refractivity contribution in [1.29, 1.82) is 5.26 Å². The van der Waals surface area contributed by atoms with Crippen LogP contribution in [0, 0.1) is 34.5 Å². The van der Waals surface area contributed by atoms with E-state index >= 15 is 0 Å². The first-order valence-electron chi connectivity index (χ1n) is 17.3. The Morgan fingerprint density at radius 3 is 2.60 bits per heavy atom. The van der Waals surface area contributed by atoms with Gasteiger partial charge in [0.05, 0.1) is 24.2 Å². The molecule has 1 aromatic rings. The van der Waals surface area contributed by atoms with E-state index in [0.717, 1.165) is 24.8 Å². The molecule has 1 unspecified atom stereocenters. The van der Waals surface area contributed by atoms with Gasteiger partial charge in [0.25, 0.3) is 11.8 Å². The average Bonchev–Trinajstić information content (AvgIpc) is 3.58. The number of nitriles is 1. The van der Waals surface area contributed by atoms with Crippen LogP contribution in [0.3, 0.4) is 0 Å². The lowest BCUT2D eigenvalue weighted by atomic mass is 9.43. The Morgan fingerprint density at radius 2 is 1.94 bits per heavy atom. The highest BCUT2D eigenvalue weighted by molar-refractivity contribution is 6.48. The Bertz CT molecular complexity index is 1430. The van der Waals surface area contributed by atoms with E-state index in [9.17, 15) is 23.6 Å². The van der Waals surface area contributed by atoms with Crippen LogP contribution in [0.4, 0.5) is 8.78 Å². The number of carbonyl (C=O) groups excluding carboxylic acids is 2. The molecule has 1 N–H and O–H groups in total. The van der Waals surface area contributed by atoms with Gasteiger partial charge >= 0.3 is 7.12 Å². The van der Waals surface area contributed by atoms with Gasteiger partial charge in [0, 0.05) is 38.0 Å². The Hall–Kier alpha value is -2.81. The summed E-state index contributed by atoms with van der Waals surface area (Å²) in [5.74, 6) is -2.71. The third kappa shape index (κ3) is 6.75. The molecular formula is C36H49BF2N4O4. The molecule has 254 valence electrons. The Labute approximate surface area is 278 Å². The highest BCUT2D eigenvalue weighted by atomic mass is 19.3. The van der Waals surface area contributed by atoms with Crippen molar-refractivity contribution in [3.63, 3.8) is 0 Å². The smallest absolute Gasteiger partial charge is 0.404 e. The number of carbonyl (C=O) groups is 2. The van der Waals surface area contributed by atoms with Crippen molar-refractivity contribution in [3.8, 4) is 6.07 Å². The average molecular weight is 651 g/mol. The van der Waals surface area contributed by atoms with E-state index in [1.807, 2.05) is 36.4 Å². The fraction of sp³-hybridized carbons (Fsp3) is 0.694. The Balaban J connectivity index is 1.10. The number of alkyl halides is 2. The quantitative estimate of drug-likeness (QED) is 0.225. The molecule has 0 radical (unpaired) electrons. The highest BCUT2D eigenvalue weighted by Gasteiger charge is 2.68. The Kier molecular flexibility index (Phi) is 9.12. The second kappa shape index (κ2) is 12.6. The van der Waals surface area contributed by atoms with Crippen LogP contribution in [0.1, 0.15) is 78.7 Å². The first-order chi connectivity index (χ1) is 22.1. The van der Waals surface area contributed by atoms with E-state index in [2.05, 4.69) is 26.1 Å². The third-order valence-electron chi connectivity index (χ3n) is 12.1.